The van der Waals surface area contributed by atoms with Crippen molar-refractivity contribution in [2.24, 2.45) is 5.92 Å². The van der Waals surface area contributed by atoms with Crippen LogP contribution in [0.4, 0.5) is 0 Å². The van der Waals surface area contributed by atoms with Crippen LogP contribution >= 0.6 is 20.6 Å². The van der Waals surface area contributed by atoms with E-state index in [1.165, 1.54) is 0 Å². The highest BCUT2D eigenvalue weighted by Gasteiger charge is 2.59. The Labute approximate surface area is 169 Å². The first-order valence-corrected chi connectivity index (χ1v) is 10.9. The minimum Gasteiger partial charge on any atom is -0.379 e. The number of carbonyl (C=O) groups is 1. The van der Waals surface area contributed by atoms with Gasteiger partial charge in [0.25, 0.3) is 5.91 Å². The van der Waals surface area contributed by atoms with Gasteiger partial charge in [0.2, 0.25) is 6.54 Å². The number of nitrogens with one attached hydrogen (secondary N) is 1. The Balaban J connectivity index is 1.78. The average molecular weight is 415 g/mol. The molecule has 0 radical (unpaired) electrons. The molecule has 27 heavy (non-hydrogen) atoms. The smallest absolute Gasteiger partial charge is 0.251 e. The molecule has 0 aromatic carbocycles. The first-order valence-electron chi connectivity index (χ1n) is 9.99. The molecule has 3 unspecified atom stereocenters. The maximum absolute atomic E-state index is 11.8. The van der Waals surface area contributed by atoms with E-state index >= 15 is 0 Å². The Morgan fingerprint density at radius 3 is 3.26 bits per heavy atom. The summed E-state index contributed by atoms with van der Waals surface area (Å²) >= 11 is 5.38. The van der Waals surface area contributed by atoms with E-state index in [1.54, 1.807) is 6.92 Å². The third-order valence-corrected chi connectivity index (χ3v) is 6.81. The van der Waals surface area contributed by atoms with E-state index in [2.05, 4.69) is 10.2 Å². The molecule has 0 aromatic rings. The number of hydrogen-bond acceptors (Lipinski definition) is 6. The molecule has 1 saturated heterocycles. The Morgan fingerprint density at radius 2 is 2.52 bits per heavy atom. The second-order valence-electron chi connectivity index (χ2n) is 7.02. The Morgan fingerprint density at radius 1 is 1.70 bits per heavy atom. The fourth-order valence-corrected chi connectivity index (χ4v) is 5.49. The number of fused-ring (bicyclic) bond motifs is 1. The highest BCUT2D eigenvalue weighted by Crippen LogP contribution is 2.54. The summed E-state index contributed by atoms with van der Waals surface area (Å²) in [5.41, 5.74) is -0.0775. The number of amides is 1. The molecule has 148 valence electrons. The first kappa shape index (κ1) is 18.1. The number of carbonyl (C=O) groups excluding carboxylic acids is 1. The predicted molar refractivity (Wildman–Crippen MR) is 105 cm³/mol. The molecule has 7 nitrogen and oxygen atoms in total. The molecule has 1 N–H and O–H groups in total. The summed E-state index contributed by atoms with van der Waals surface area (Å²) in [6.45, 7) is 11.0. The van der Waals surface area contributed by atoms with Gasteiger partial charge in [-0.1, -0.05) is 18.3 Å². The lowest BCUT2D eigenvalue weighted by Crippen LogP contribution is -2.43. The molecule has 1 aliphatic carbocycles. The maximum atomic E-state index is 11.8. The molecule has 1 saturated carbocycles. The van der Waals surface area contributed by atoms with E-state index in [0.717, 1.165) is 0 Å². The standard InChI is InChI=1S/C18H25N2O5PS/c1-11-9-12(17(27)20-16(11)21)14-10-18(25-26(4)23-8-7-19-2)6-5-13(22-3)15(18)24-14/h9,12-15H,5-8,10H2,1,3-4H3,(H,20,21,27)/t12?,13-,14-,15-,18+,26?/m1/s1/i3TD/t3?,12?,13-,14-,15-,18+,26?. The summed E-state index contributed by atoms with van der Waals surface area (Å²) in [6, 6.07) is 0. The van der Waals surface area contributed by atoms with Gasteiger partial charge in [-0.15, -0.1) is 0 Å². The van der Waals surface area contributed by atoms with Crippen LogP contribution in [-0.4, -0.2) is 61.7 Å². The lowest BCUT2D eigenvalue weighted by molar-refractivity contribution is -0.116. The molecule has 0 spiro atoms. The maximum Gasteiger partial charge on any atom is 0.251 e. The van der Waals surface area contributed by atoms with Crippen LogP contribution in [0.3, 0.4) is 0 Å². The normalized spacial score (nSPS) is 38.9. The van der Waals surface area contributed by atoms with Crippen LogP contribution in [0.1, 0.15) is 28.9 Å². The van der Waals surface area contributed by atoms with Gasteiger partial charge in [-0.3, -0.25) is 4.79 Å². The number of nitrogens with zero attached hydrogens (tertiary/aromatic N) is 1. The van der Waals surface area contributed by atoms with Gasteiger partial charge in [0, 0.05) is 25.7 Å². The molecule has 2 heterocycles. The second kappa shape index (κ2) is 8.60. The zero-order valence-corrected chi connectivity index (χ0v) is 17.1. The molecule has 2 aliphatic heterocycles. The summed E-state index contributed by atoms with van der Waals surface area (Å²) in [5.74, 6) is -0.462. The SMILES string of the molecule is [2H]C([3H])O[C@@H]1CC[C@]2(OP(C)OCC[N+]#[C-])C[C@H](C3C=C(C)C(=O)NC3=S)O[C@H]12. The van der Waals surface area contributed by atoms with Gasteiger partial charge in [-0.05, 0) is 19.8 Å². The highest BCUT2D eigenvalue weighted by atomic mass is 32.1. The first-order chi connectivity index (χ1) is 13.8. The van der Waals surface area contributed by atoms with Crippen LogP contribution in [0.15, 0.2) is 11.6 Å². The van der Waals surface area contributed by atoms with Gasteiger partial charge in [0.15, 0.2) is 8.38 Å². The van der Waals surface area contributed by atoms with Gasteiger partial charge in [0.05, 0.1) is 25.9 Å². The fourth-order valence-electron chi connectivity index (χ4n) is 4.00. The van der Waals surface area contributed by atoms with Crippen molar-refractivity contribution in [2.45, 2.75) is 50.1 Å². The van der Waals surface area contributed by atoms with E-state index in [9.17, 15) is 4.79 Å². The van der Waals surface area contributed by atoms with Crippen molar-refractivity contribution in [2.75, 3.05) is 26.9 Å². The largest absolute Gasteiger partial charge is 0.379 e. The van der Waals surface area contributed by atoms with Gasteiger partial charge < -0.3 is 28.7 Å². The number of methoxy groups -OCH3 is 1. The third-order valence-electron chi connectivity index (χ3n) is 5.27. The molecule has 3 rings (SSSR count). The molecule has 0 aromatic heterocycles. The van der Waals surface area contributed by atoms with Crippen LogP contribution in [0.25, 0.3) is 4.85 Å². The molecule has 3 aliphatic rings. The number of ether oxygens (including phenoxy) is 2. The van der Waals surface area contributed by atoms with Gasteiger partial charge >= 0.3 is 0 Å². The zero-order valence-electron chi connectivity index (χ0n) is 17.3. The molecule has 9 heteroatoms. The quantitative estimate of drug-likeness (QED) is 0.298. The molecular formula is C18H25N2O5PS. The molecule has 0 bridgehead atoms. The van der Waals surface area contributed by atoms with Gasteiger partial charge in [0.1, 0.15) is 18.3 Å². The van der Waals surface area contributed by atoms with Crippen LogP contribution < -0.4 is 5.32 Å². The number of hydrogen-bond donors (Lipinski definition) is 1. The highest BCUT2D eigenvalue weighted by molar-refractivity contribution is 7.80. The van der Waals surface area contributed by atoms with E-state index in [-0.39, 0.29) is 24.5 Å². The topological polar surface area (TPSA) is 70.4 Å². The number of rotatable bonds is 7. The Bertz CT molecular complexity index is 734. The molecule has 2 fully saturated rings. The summed E-state index contributed by atoms with van der Waals surface area (Å²) in [7, 11) is -2.65. The predicted octanol–water partition coefficient (Wildman–Crippen LogP) is 2.61. The van der Waals surface area contributed by atoms with Crippen molar-refractivity contribution in [3.63, 3.8) is 0 Å². The van der Waals surface area contributed by atoms with E-state index in [0.29, 0.717) is 36.4 Å². The van der Waals surface area contributed by atoms with Crippen molar-refractivity contribution in [3.8, 4) is 0 Å². The van der Waals surface area contributed by atoms with E-state index in [4.69, 9.17) is 40.1 Å². The summed E-state index contributed by atoms with van der Waals surface area (Å²) in [5, 5.41) is 2.72. The monoisotopic (exact) mass is 415 g/mol. The fraction of sp³-hybridized carbons (Fsp3) is 0.722. The molecule has 7 atom stereocenters. The minimum absolute atomic E-state index is 0.201. The van der Waals surface area contributed by atoms with Crippen LogP contribution in [0.2, 0.25) is 0 Å². The van der Waals surface area contributed by atoms with E-state index in [1.807, 2.05) is 12.7 Å². The van der Waals surface area contributed by atoms with Crippen molar-refractivity contribution in [3.05, 3.63) is 23.1 Å². The van der Waals surface area contributed by atoms with Crippen molar-refractivity contribution in [1.29, 1.82) is 0 Å². The number of thiocarbonyl (C=S) groups is 1. The Hall–Kier alpha value is -0.940. The van der Waals surface area contributed by atoms with Crippen LogP contribution in [-0.2, 0) is 23.3 Å². The minimum atomic E-state index is -1.41. The summed E-state index contributed by atoms with van der Waals surface area (Å²) in [4.78, 5) is 15.5. The Kier molecular flexibility index (Phi) is 5.77. The lowest BCUT2D eigenvalue weighted by atomic mass is 9.88. The summed E-state index contributed by atoms with van der Waals surface area (Å²) < 4.78 is 38.7. The second-order valence-corrected chi connectivity index (χ2v) is 8.78. The van der Waals surface area contributed by atoms with Crippen LogP contribution in [0, 0.1) is 12.5 Å². The van der Waals surface area contributed by atoms with Gasteiger partial charge in [-0.25, -0.2) is 6.57 Å². The third kappa shape index (κ3) is 4.24. The zero-order chi connectivity index (χ0) is 21.2. The van der Waals surface area contributed by atoms with Gasteiger partial charge in [-0.2, -0.15) is 0 Å². The molecular weight excluding hydrogens is 387 g/mol. The van der Waals surface area contributed by atoms with Crippen molar-refractivity contribution >= 4 is 31.5 Å². The summed E-state index contributed by atoms with van der Waals surface area (Å²) in [6.07, 6.45) is 2.46. The lowest BCUT2D eigenvalue weighted by Gasteiger charge is -2.31. The van der Waals surface area contributed by atoms with E-state index < -0.39 is 33.2 Å². The van der Waals surface area contributed by atoms with Crippen molar-refractivity contribution < 1.29 is 26.1 Å². The average Bonchev–Trinajstić information content (AvgIpc) is 3.14. The van der Waals surface area contributed by atoms with Crippen LogP contribution in [0.5, 0.6) is 0 Å². The molecule has 1 amide bonds. The van der Waals surface area contributed by atoms with Crippen molar-refractivity contribution in [1.82, 2.24) is 5.32 Å².